The highest BCUT2D eigenvalue weighted by molar-refractivity contribution is 8.00. The second-order valence-corrected chi connectivity index (χ2v) is 12.3. The molecular weight excluding hydrogens is 582 g/mol. The number of thioether (sulfide) groups is 1. The second kappa shape index (κ2) is 11.2. The smallest absolute Gasteiger partial charge is 0.301 e. The van der Waals surface area contributed by atoms with Crippen molar-refractivity contribution < 1.29 is 24.2 Å². The molecule has 2 atom stereocenters. The van der Waals surface area contributed by atoms with E-state index in [9.17, 15) is 14.7 Å². The highest BCUT2D eigenvalue weighted by atomic mass is 35.5. The zero-order valence-corrected chi connectivity index (χ0v) is 24.4. The Morgan fingerprint density at radius 2 is 1.88 bits per heavy atom. The Labute approximate surface area is 249 Å². The summed E-state index contributed by atoms with van der Waals surface area (Å²) in [5.74, 6) is 0.174. The molecule has 6 rings (SSSR count). The van der Waals surface area contributed by atoms with Gasteiger partial charge < -0.3 is 14.6 Å². The number of carbonyl (C=O) groups is 2. The number of Topliss-reactive ketones (excluding diaryl/α,β-unsaturated/α-hetero) is 1. The summed E-state index contributed by atoms with van der Waals surface area (Å²) >= 11 is 8.67. The van der Waals surface area contributed by atoms with E-state index in [-0.39, 0.29) is 22.6 Å². The molecule has 1 fully saturated rings. The van der Waals surface area contributed by atoms with Gasteiger partial charge in [0.05, 0.1) is 18.7 Å². The average Bonchev–Trinajstić information content (AvgIpc) is 3.67. The van der Waals surface area contributed by atoms with Crippen LogP contribution in [-0.2, 0) is 21.8 Å². The zero-order valence-electron chi connectivity index (χ0n) is 22.0. The van der Waals surface area contributed by atoms with Gasteiger partial charge in [-0.25, -0.2) is 0 Å². The summed E-state index contributed by atoms with van der Waals surface area (Å²) in [5, 5.41) is 21.0. The van der Waals surface area contributed by atoms with Crippen LogP contribution in [-0.4, -0.2) is 40.2 Å². The monoisotopic (exact) mass is 605 g/mol. The van der Waals surface area contributed by atoms with E-state index in [2.05, 4.69) is 10.2 Å². The predicted molar refractivity (Wildman–Crippen MR) is 159 cm³/mol. The molecule has 1 aromatic heterocycles. The number of ether oxygens (including phenoxy) is 2. The third kappa shape index (κ3) is 5.30. The third-order valence-electron chi connectivity index (χ3n) is 6.92. The number of aliphatic hydroxyl groups excluding tert-OH is 1. The topological polar surface area (TPSA) is 102 Å². The van der Waals surface area contributed by atoms with Crippen molar-refractivity contribution in [1.82, 2.24) is 10.2 Å². The lowest BCUT2D eigenvalue weighted by Gasteiger charge is -2.22. The van der Waals surface area contributed by atoms with Crippen molar-refractivity contribution in [2.75, 3.05) is 12.0 Å². The lowest BCUT2D eigenvalue weighted by atomic mass is 9.94. The van der Waals surface area contributed by atoms with E-state index in [1.54, 1.807) is 43.5 Å². The van der Waals surface area contributed by atoms with Crippen molar-refractivity contribution in [3.63, 3.8) is 0 Å². The molecule has 1 saturated heterocycles. The summed E-state index contributed by atoms with van der Waals surface area (Å²) in [5.41, 5.74) is 3.04. The van der Waals surface area contributed by atoms with Gasteiger partial charge in [-0.3, -0.25) is 14.5 Å². The number of aromatic nitrogens is 2. The molecule has 3 heterocycles. The number of amides is 1. The first-order chi connectivity index (χ1) is 19.8. The van der Waals surface area contributed by atoms with E-state index in [0.29, 0.717) is 38.4 Å². The van der Waals surface area contributed by atoms with Crippen LogP contribution < -0.4 is 14.4 Å². The molecule has 1 N–H and O–H groups in total. The van der Waals surface area contributed by atoms with Crippen molar-refractivity contribution in [3.8, 4) is 11.5 Å². The van der Waals surface area contributed by atoms with Gasteiger partial charge in [0, 0.05) is 22.8 Å². The summed E-state index contributed by atoms with van der Waals surface area (Å²) in [6.07, 6.45) is 0.713. The quantitative estimate of drug-likeness (QED) is 0.0844. The molecule has 208 valence electrons. The van der Waals surface area contributed by atoms with E-state index in [4.69, 9.17) is 21.1 Å². The van der Waals surface area contributed by atoms with Crippen LogP contribution >= 0.6 is 34.7 Å². The maximum absolute atomic E-state index is 13.5. The van der Waals surface area contributed by atoms with E-state index >= 15 is 0 Å². The number of nitrogens with zero attached hydrogens (tertiary/aromatic N) is 3. The molecule has 0 bridgehead atoms. The van der Waals surface area contributed by atoms with E-state index < -0.39 is 17.7 Å². The molecule has 3 aromatic carbocycles. The highest BCUT2D eigenvalue weighted by Crippen LogP contribution is 2.45. The van der Waals surface area contributed by atoms with Crippen LogP contribution in [0.25, 0.3) is 5.76 Å². The summed E-state index contributed by atoms with van der Waals surface area (Å²) in [7, 11) is 1.56. The van der Waals surface area contributed by atoms with Crippen LogP contribution in [0.4, 0.5) is 5.13 Å². The van der Waals surface area contributed by atoms with E-state index in [1.807, 2.05) is 37.3 Å². The maximum atomic E-state index is 13.5. The summed E-state index contributed by atoms with van der Waals surface area (Å²) < 4.78 is 11.7. The van der Waals surface area contributed by atoms with Crippen LogP contribution in [0.1, 0.15) is 35.2 Å². The number of rotatable bonds is 7. The SMILES string of the molecule is COc1ccc([C@@H]2C(=C(O)c3ccc4c(c3)C[C@@H](C)O4)C(=O)C(=O)N2c2nnc(SCc3ccc(Cl)cc3)s2)cc1. The van der Waals surface area contributed by atoms with Crippen molar-refractivity contribution in [2.45, 2.75) is 35.6 Å². The molecule has 2 aliphatic heterocycles. The second-order valence-electron chi connectivity index (χ2n) is 9.66. The molecule has 41 heavy (non-hydrogen) atoms. The minimum atomic E-state index is -0.911. The van der Waals surface area contributed by atoms with E-state index in [1.165, 1.54) is 28.0 Å². The summed E-state index contributed by atoms with van der Waals surface area (Å²) in [4.78, 5) is 28.4. The van der Waals surface area contributed by atoms with Crippen LogP contribution in [0, 0.1) is 0 Å². The van der Waals surface area contributed by atoms with Crippen molar-refractivity contribution in [2.24, 2.45) is 0 Å². The van der Waals surface area contributed by atoms with Gasteiger partial charge in [-0.1, -0.05) is 59.0 Å². The molecule has 8 nitrogen and oxygen atoms in total. The first kappa shape index (κ1) is 27.3. The minimum absolute atomic E-state index is 0.0161. The molecule has 4 aromatic rings. The maximum Gasteiger partial charge on any atom is 0.301 e. The number of ketones is 1. The first-order valence-electron chi connectivity index (χ1n) is 12.8. The van der Waals surface area contributed by atoms with Gasteiger partial charge in [0.2, 0.25) is 5.13 Å². The van der Waals surface area contributed by atoms with Gasteiger partial charge in [-0.15, -0.1) is 10.2 Å². The molecule has 0 spiro atoms. The number of hydrogen-bond donors (Lipinski definition) is 1. The molecule has 11 heteroatoms. The van der Waals surface area contributed by atoms with Crippen LogP contribution in [0.5, 0.6) is 11.5 Å². The van der Waals surface area contributed by atoms with Gasteiger partial charge in [0.15, 0.2) is 4.34 Å². The zero-order chi connectivity index (χ0) is 28.7. The van der Waals surface area contributed by atoms with Crippen molar-refractivity contribution in [3.05, 3.63) is 99.6 Å². The number of methoxy groups -OCH3 is 1. The molecule has 0 unspecified atom stereocenters. The molecule has 0 saturated carbocycles. The Hall–Kier alpha value is -3.86. The summed E-state index contributed by atoms with van der Waals surface area (Å²) in [6.45, 7) is 1.97. The molecule has 0 aliphatic carbocycles. The third-order valence-corrected chi connectivity index (χ3v) is 9.30. The van der Waals surface area contributed by atoms with Crippen molar-refractivity contribution in [1.29, 1.82) is 0 Å². The Morgan fingerprint density at radius 3 is 2.61 bits per heavy atom. The number of hydrogen-bond acceptors (Lipinski definition) is 9. The van der Waals surface area contributed by atoms with Gasteiger partial charge in [0.1, 0.15) is 23.4 Å². The minimum Gasteiger partial charge on any atom is -0.507 e. The predicted octanol–water partition coefficient (Wildman–Crippen LogP) is 6.44. The molecule has 1 amide bonds. The van der Waals surface area contributed by atoms with Crippen molar-refractivity contribution >= 4 is 57.3 Å². The van der Waals surface area contributed by atoms with Gasteiger partial charge in [-0.2, -0.15) is 0 Å². The number of fused-ring (bicyclic) bond motifs is 1. The normalized spacial score (nSPS) is 19.3. The van der Waals surface area contributed by atoms with E-state index in [0.717, 1.165) is 16.9 Å². The Kier molecular flexibility index (Phi) is 7.46. The fourth-order valence-corrected chi connectivity index (χ4v) is 6.89. The largest absolute Gasteiger partial charge is 0.507 e. The van der Waals surface area contributed by atoms with Crippen LogP contribution in [0.3, 0.4) is 0 Å². The Bertz CT molecular complexity index is 1670. The lowest BCUT2D eigenvalue weighted by molar-refractivity contribution is -0.132. The number of anilines is 1. The standard InChI is InChI=1S/C30H24ClN3O5S2/c1-16-13-20-14-19(7-12-23(20)39-16)26(35)24-25(18-5-10-22(38-2)11-6-18)34(28(37)27(24)36)29-32-33-30(41-29)40-15-17-3-8-21(31)9-4-17/h3-12,14,16,25,35H,13,15H2,1-2H3/t16-,25-/m1/s1. The number of benzene rings is 3. The molecule has 0 radical (unpaired) electrons. The summed E-state index contributed by atoms with van der Waals surface area (Å²) in [6, 6.07) is 18.9. The highest BCUT2D eigenvalue weighted by Gasteiger charge is 2.48. The molecular formula is C30H24ClN3O5S2. The Morgan fingerprint density at radius 1 is 1.12 bits per heavy atom. The van der Waals surface area contributed by atoms with Gasteiger partial charge >= 0.3 is 5.91 Å². The Balaban J connectivity index is 1.38. The fraction of sp³-hybridized carbons (Fsp3) is 0.200. The molecule has 2 aliphatic rings. The van der Waals surface area contributed by atoms with Gasteiger partial charge in [0.25, 0.3) is 5.78 Å². The van der Waals surface area contributed by atoms with Crippen LogP contribution in [0.2, 0.25) is 5.02 Å². The average molecular weight is 606 g/mol. The number of aliphatic hydroxyl groups is 1. The number of carbonyl (C=O) groups excluding carboxylic acids is 2. The van der Waals surface area contributed by atoms with Crippen LogP contribution in [0.15, 0.2) is 76.6 Å². The number of halogens is 1. The fourth-order valence-electron chi connectivity index (χ4n) is 4.94. The first-order valence-corrected chi connectivity index (χ1v) is 15.0. The lowest BCUT2D eigenvalue weighted by Crippen LogP contribution is -2.29. The van der Waals surface area contributed by atoms with Gasteiger partial charge in [-0.05, 0) is 66.1 Å².